The van der Waals surface area contributed by atoms with E-state index in [0.29, 0.717) is 32.6 Å². The van der Waals surface area contributed by atoms with Gasteiger partial charge in [-0.1, -0.05) is 11.6 Å². The Balaban J connectivity index is 1.62. The van der Waals surface area contributed by atoms with Crippen LogP contribution < -0.4 is 0 Å². The van der Waals surface area contributed by atoms with E-state index in [-0.39, 0.29) is 34.6 Å². The number of piperazine rings is 1. The van der Waals surface area contributed by atoms with E-state index in [1.165, 1.54) is 12.1 Å². The highest BCUT2D eigenvalue weighted by Crippen LogP contribution is 2.22. The second kappa shape index (κ2) is 6.45. The number of amides is 1. The first-order valence-corrected chi connectivity index (χ1v) is 8.02. The molecule has 2 saturated heterocycles. The van der Waals surface area contributed by atoms with E-state index in [1.807, 2.05) is 11.8 Å². The molecule has 2 fully saturated rings. The predicted octanol–water partition coefficient (Wildman–Crippen LogP) is 1.94. The van der Waals surface area contributed by atoms with Crippen molar-refractivity contribution in [1.29, 1.82) is 0 Å². The molecule has 2 aliphatic heterocycles. The summed E-state index contributed by atoms with van der Waals surface area (Å²) in [6.07, 6.45) is 0.619. The molecule has 23 heavy (non-hydrogen) atoms. The lowest BCUT2D eigenvalue weighted by molar-refractivity contribution is -0.145. The number of rotatable bonds is 2. The lowest BCUT2D eigenvalue weighted by atomic mass is 10.1. The van der Waals surface area contributed by atoms with Crippen LogP contribution in [0.1, 0.15) is 23.7 Å². The van der Waals surface area contributed by atoms with Gasteiger partial charge in [0.25, 0.3) is 5.91 Å². The zero-order valence-corrected chi connectivity index (χ0v) is 13.6. The van der Waals surface area contributed by atoms with E-state index in [0.717, 1.165) is 6.07 Å². The van der Waals surface area contributed by atoms with E-state index in [9.17, 15) is 14.0 Å². The normalized spacial score (nSPS) is 25.5. The predicted molar refractivity (Wildman–Crippen MR) is 82.8 cm³/mol. The van der Waals surface area contributed by atoms with Crippen molar-refractivity contribution in [3.8, 4) is 0 Å². The summed E-state index contributed by atoms with van der Waals surface area (Å²) in [6.45, 7) is 3.94. The van der Waals surface area contributed by atoms with Crippen LogP contribution in [0.25, 0.3) is 0 Å². The summed E-state index contributed by atoms with van der Waals surface area (Å²) in [5.74, 6) is -1.15. The van der Waals surface area contributed by atoms with Gasteiger partial charge in [0.2, 0.25) is 0 Å². The van der Waals surface area contributed by atoms with Crippen LogP contribution in [0.5, 0.6) is 0 Å². The number of carbonyl (C=O) groups excluding carboxylic acids is 2. The van der Waals surface area contributed by atoms with Gasteiger partial charge in [-0.15, -0.1) is 0 Å². The Labute approximate surface area is 138 Å². The summed E-state index contributed by atoms with van der Waals surface area (Å²) in [5.41, 5.74) is 0.0248. The monoisotopic (exact) mass is 340 g/mol. The van der Waals surface area contributed by atoms with E-state index >= 15 is 0 Å². The molecule has 1 aromatic carbocycles. The van der Waals surface area contributed by atoms with Crippen LogP contribution in [0.2, 0.25) is 5.02 Å². The van der Waals surface area contributed by atoms with E-state index < -0.39 is 5.82 Å². The summed E-state index contributed by atoms with van der Waals surface area (Å²) in [4.78, 5) is 27.8. The number of carbonyl (C=O) groups is 2. The zero-order chi connectivity index (χ0) is 16.6. The molecule has 2 heterocycles. The van der Waals surface area contributed by atoms with E-state index in [2.05, 4.69) is 0 Å². The summed E-state index contributed by atoms with van der Waals surface area (Å²) < 4.78 is 19.0. The molecule has 0 bridgehead atoms. The van der Waals surface area contributed by atoms with Gasteiger partial charge in [0.1, 0.15) is 18.0 Å². The standard InChI is InChI=1S/C16H18ClFN2O3/c1-10-8-14(16(22)23-10)19-4-6-20(7-5-19)15(21)12-3-2-11(17)9-13(12)18/h2-3,9-10,14H,4-8H2,1H3/t10-,14-/m0/s1. The molecular formula is C16H18ClFN2O3. The van der Waals surface area contributed by atoms with Crippen molar-refractivity contribution in [3.63, 3.8) is 0 Å². The third-order valence-corrected chi connectivity index (χ3v) is 4.58. The van der Waals surface area contributed by atoms with Crippen molar-refractivity contribution in [1.82, 2.24) is 9.80 Å². The molecule has 0 N–H and O–H groups in total. The molecule has 124 valence electrons. The van der Waals surface area contributed by atoms with Crippen LogP contribution in [-0.2, 0) is 9.53 Å². The first-order valence-electron chi connectivity index (χ1n) is 7.64. The number of cyclic esters (lactones) is 1. The van der Waals surface area contributed by atoms with Gasteiger partial charge in [-0.25, -0.2) is 4.39 Å². The lowest BCUT2D eigenvalue weighted by Gasteiger charge is -2.36. The largest absolute Gasteiger partial charge is 0.461 e. The van der Waals surface area contributed by atoms with E-state index in [1.54, 1.807) is 4.90 Å². The molecule has 0 aliphatic carbocycles. The minimum Gasteiger partial charge on any atom is -0.461 e. The van der Waals surface area contributed by atoms with Crippen molar-refractivity contribution in [2.75, 3.05) is 26.2 Å². The molecule has 2 atom stereocenters. The average Bonchev–Trinajstić information content (AvgIpc) is 2.85. The molecule has 0 saturated carbocycles. The maximum Gasteiger partial charge on any atom is 0.323 e. The molecule has 5 nitrogen and oxygen atoms in total. The Bertz CT molecular complexity index is 632. The number of nitrogens with zero attached hydrogens (tertiary/aromatic N) is 2. The van der Waals surface area contributed by atoms with Crippen LogP contribution in [0, 0.1) is 5.82 Å². The second-order valence-electron chi connectivity index (χ2n) is 5.95. The minimum absolute atomic E-state index is 0.0248. The minimum atomic E-state index is -0.613. The van der Waals surface area contributed by atoms with Crippen molar-refractivity contribution < 1.29 is 18.7 Å². The third kappa shape index (κ3) is 3.33. The lowest BCUT2D eigenvalue weighted by Crippen LogP contribution is -2.53. The smallest absolute Gasteiger partial charge is 0.323 e. The van der Waals surface area contributed by atoms with Gasteiger partial charge in [-0.2, -0.15) is 0 Å². The fraction of sp³-hybridized carbons (Fsp3) is 0.500. The molecule has 2 aliphatic rings. The Morgan fingerprint density at radius 3 is 2.57 bits per heavy atom. The van der Waals surface area contributed by atoms with Gasteiger partial charge >= 0.3 is 5.97 Å². The molecule has 0 radical (unpaired) electrons. The number of halogens is 2. The Morgan fingerprint density at radius 1 is 1.30 bits per heavy atom. The maximum atomic E-state index is 13.9. The van der Waals surface area contributed by atoms with Crippen molar-refractivity contribution in [2.45, 2.75) is 25.5 Å². The van der Waals surface area contributed by atoms with E-state index in [4.69, 9.17) is 16.3 Å². The molecule has 0 unspecified atom stereocenters. The zero-order valence-electron chi connectivity index (χ0n) is 12.8. The van der Waals surface area contributed by atoms with Gasteiger partial charge in [0.05, 0.1) is 5.56 Å². The first kappa shape index (κ1) is 16.2. The SMILES string of the molecule is C[C@H]1C[C@H](N2CCN(C(=O)c3ccc(Cl)cc3F)CC2)C(=O)O1. The quantitative estimate of drug-likeness (QED) is 0.772. The maximum absolute atomic E-state index is 13.9. The fourth-order valence-electron chi connectivity index (χ4n) is 3.10. The number of ether oxygens (including phenoxy) is 1. The molecule has 0 spiro atoms. The van der Waals surface area contributed by atoms with Crippen LogP contribution in [-0.4, -0.2) is 60.0 Å². The van der Waals surface area contributed by atoms with Crippen LogP contribution in [0.4, 0.5) is 4.39 Å². The Kier molecular flexibility index (Phi) is 4.55. The first-order chi connectivity index (χ1) is 11.0. The van der Waals surface area contributed by atoms with Gasteiger partial charge in [0.15, 0.2) is 0 Å². The van der Waals surface area contributed by atoms with Crippen LogP contribution in [0.3, 0.4) is 0 Å². The summed E-state index contributed by atoms with van der Waals surface area (Å²) in [7, 11) is 0. The topological polar surface area (TPSA) is 49.9 Å². The molecular weight excluding hydrogens is 323 g/mol. The van der Waals surface area contributed by atoms with Gasteiger partial charge in [-0.3, -0.25) is 14.5 Å². The van der Waals surface area contributed by atoms with Crippen molar-refractivity contribution in [2.24, 2.45) is 0 Å². The Hall–Kier alpha value is -1.66. The summed E-state index contributed by atoms with van der Waals surface area (Å²) in [5, 5.41) is 0.262. The second-order valence-corrected chi connectivity index (χ2v) is 6.39. The molecule has 7 heteroatoms. The summed E-state index contributed by atoms with van der Waals surface area (Å²) in [6, 6.07) is 3.82. The highest BCUT2D eigenvalue weighted by molar-refractivity contribution is 6.30. The number of esters is 1. The van der Waals surface area contributed by atoms with Gasteiger partial charge in [0, 0.05) is 37.6 Å². The highest BCUT2D eigenvalue weighted by Gasteiger charge is 2.38. The average molecular weight is 341 g/mol. The van der Waals surface area contributed by atoms with Gasteiger partial charge < -0.3 is 9.64 Å². The highest BCUT2D eigenvalue weighted by atomic mass is 35.5. The van der Waals surface area contributed by atoms with Gasteiger partial charge in [-0.05, 0) is 25.1 Å². The Morgan fingerprint density at radius 2 is 2.00 bits per heavy atom. The number of benzene rings is 1. The van der Waals surface area contributed by atoms with Crippen molar-refractivity contribution >= 4 is 23.5 Å². The number of hydrogen-bond acceptors (Lipinski definition) is 4. The molecule has 0 aromatic heterocycles. The fourth-order valence-corrected chi connectivity index (χ4v) is 3.26. The third-order valence-electron chi connectivity index (χ3n) is 4.35. The molecule has 1 amide bonds. The van der Waals surface area contributed by atoms with Crippen LogP contribution in [0.15, 0.2) is 18.2 Å². The summed E-state index contributed by atoms with van der Waals surface area (Å²) >= 11 is 5.71. The molecule has 3 rings (SSSR count). The number of hydrogen-bond donors (Lipinski definition) is 0. The van der Waals surface area contributed by atoms with Crippen molar-refractivity contribution in [3.05, 3.63) is 34.6 Å². The van der Waals surface area contributed by atoms with Crippen LogP contribution >= 0.6 is 11.6 Å². The molecule has 1 aromatic rings.